The van der Waals surface area contributed by atoms with E-state index >= 15 is 0 Å². The van der Waals surface area contributed by atoms with Gasteiger partial charge in [0.15, 0.2) is 11.5 Å². The van der Waals surface area contributed by atoms with Crippen LogP contribution in [0.25, 0.3) is 0 Å². The topological polar surface area (TPSA) is 64.7 Å². The molecule has 124 valence electrons. The lowest BCUT2D eigenvalue weighted by molar-refractivity contribution is 0.337. The van der Waals surface area contributed by atoms with E-state index in [1.165, 1.54) is 5.56 Å². The van der Waals surface area contributed by atoms with Crippen molar-refractivity contribution in [2.75, 3.05) is 20.3 Å². The number of phenolic OH excluding ortho intramolecular Hbond substituents is 1. The Labute approximate surface area is 137 Å². The molecule has 0 aliphatic heterocycles. The van der Waals surface area contributed by atoms with E-state index < -0.39 is 0 Å². The van der Waals surface area contributed by atoms with Gasteiger partial charge in [-0.3, -0.25) is 0 Å². The molecule has 0 heterocycles. The van der Waals surface area contributed by atoms with Gasteiger partial charge in [-0.1, -0.05) is 18.2 Å². The van der Waals surface area contributed by atoms with Gasteiger partial charge in [0.05, 0.1) is 13.7 Å². The van der Waals surface area contributed by atoms with Gasteiger partial charge < -0.3 is 20.3 Å². The molecule has 1 atom stereocenters. The Hall–Kier alpha value is -2.20. The summed E-state index contributed by atoms with van der Waals surface area (Å²) in [6.07, 6.45) is 0.792. The van der Waals surface area contributed by atoms with Gasteiger partial charge in [0.25, 0.3) is 0 Å². The Balaban J connectivity index is 2.21. The minimum atomic E-state index is 0.150. The standard InChI is InChI=1S/C19H25NO3/c1-4-23-18-8-6-15(9-13(18)2)16(12-20)10-14-5-7-17(21)19(11-14)22-3/h5-9,11,16,21H,4,10,12,20H2,1-3H3. The third-order valence-electron chi connectivity index (χ3n) is 3.98. The van der Waals surface area contributed by atoms with Crippen molar-refractivity contribution in [3.8, 4) is 17.2 Å². The average molecular weight is 315 g/mol. The third kappa shape index (κ3) is 4.17. The second-order valence-electron chi connectivity index (χ2n) is 5.60. The number of aromatic hydroxyl groups is 1. The molecule has 0 spiro atoms. The van der Waals surface area contributed by atoms with Crippen LogP contribution in [-0.2, 0) is 6.42 Å². The summed E-state index contributed by atoms with van der Waals surface area (Å²) in [4.78, 5) is 0. The number of aryl methyl sites for hydroxylation is 1. The van der Waals surface area contributed by atoms with Crippen molar-refractivity contribution < 1.29 is 14.6 Å². The normalized spacial score (nSPS) is 12.0. The van der Waals surface area contributed by atoms with Crippen molar-refractivity contribution >= 4 is 0 Å². The van der Waals surface area contributed by atoms with Gasteiger partial charge in [-0.15, -0.1) is 0 Å². The van der Waals surface area contributed by atoms with Gasteiger partial charge >= 0.3 is 0 Å². The van der Waals surface area contributed by atoms with E-state index in [1.54, 1.807) is 13.2 Å². The predicted molar refractivity (Wildman–Crippen MR) is 92.5 cm³/mol. The van der Waals surface area contributed by atoms with E-state index in [4.69, 9.17) is 15.2 Å². The summed E-state index contributed by atoms with van der Waals surface area (Å²) in [6, 6.07) is 11.6. The molecule has 0 aromatic heterocycles. The van der Waals surface area contributed by atoms with Crippen LogP contribution < -0.4 is 15.2 Å². The Morgan fingerprint density at radius 1 is 1.13 bits per heavy atom. The molecule has 0 aliphatic carbocycles. The van der Waals surface area contributed by atoms with Crippen LogP contribution in [0, 0.1) is 6.92 Å². The molecule has 0 saturated carbocycles. The number of methoxy groups -OCH3 is 1. The number of phenols is 1. The van der Waals surface area contributed by atoms with Gasteiger partial charge in [-0.05, 0) is 61.7 Å². The second kappa shape index (κ2) is 7.88. The molecule has 3 N–H and O–H groups in total. The lowest BCUT2D eigenvalue weighted by atomic mass is 9.91. The van der Waals surface area contributed by atoms with Crippen LogP contribution in [0.5, 0.6) is 17.2 Å². The zero-order valence-corrected chi connectivity index (χ0v) is 14.0. The first-order chi connectivity index (χ1) is 11.1. The number of rotatable bonds is 7. The highest BCUT2D eigenvalue weighted by molar-refractivity contribution is 5.43. The van der Waals surface area contributed by atoms with E-state index in [1.807, 2.05) is 32.0 Å². The van der Waals surface area contributed by atoms with Gasteiger partial charge in [0.1, 0.15) is 5.75 Å². The third-order valence-corrected chi connectivity index (χ3v) is 3.98. The summed E-state index contributed by atoms with van der Waals surface area (Å²) in [5.74, 6) is 1.76. The van der Waals surface area contributed by atoms with Crippen molar-refractivity contribution in [3.05, 3.63) is 53.1 Å². The Bertz CT molecular complexity index is 655. The lowest BCUT2D eigenvalue weighted by Gasteiger charge is -2.18. The fourth-order valence-corrected chi connectivity index (χ4v) is 2.71. The summed E-state index contributed by atoms with van der Waals surface area (Å²) in [5.41, 5.74) is 9.38. The zero-order valence-electron chi connectivity index (χ0n) is 14.0. The van der Waals surface area contributed by atoms with E-state index in [0.29, 0.717) is 18.9 Å². The molecule has 2 aromatic rings. The molecular weight excluding hydrogens is 290 g/mol. The second-order valence-corrected chi connectivity index (χ2v) is 5.60. The van der Waals surface area contributed by atoms with Gasteiger partial charge in [-0.25, -0.2) is 0 Å². The minimum Gasteiger partial charge on any atom is -0.504 e. The van der Waals surface area contributed by atoms with E-state index in [9.17, 15) is 5.11 Å². The Morgan fingerprint density at radius 2 is 1.91 bits per heavy atom. The van der Waals surface area contributed by atoms with Crippen molar-refractivity contribution in [3.63, 3.8) is 0 Å². The van der Waals surface area contributed by atoms with Crippen LogP contribution in [0.1, 0.15) is 29.5 Å². The van der Waals surface area contributed by atoms with Crippen LogP contribution >= 0.6 is 0 Å². The molecule has 1 unspecified atom stereocenters. The molecule has 0 radical (unpaired) electrons. The largest absolute Gasteiger partial charge is 0.504 e. The summed E-state index contributed by atoms with van der Waals surface area (Å²) in [7, 11) is 1.55. The minimum absolute atomic E-state index is 0.150. The average Bonchev–Trinajstić information content (AvgIpc) is 2.56. The van der Waals surface area contributed by atoms with Crippen LogP contribution in [0.15, 0.2) is 36.4 Å². The smallest absolute Gasteiger partial charge is 0.160 e. The number of ether oxygens (including phenoxy) is 2. The van der Waals surface area contributed by atoms with Crippen molar-refractivity contribution in [2.24, 2.45) is 5.73 Å². The van der Waals surface area contributed by atoms with Gasteiger partial charge in [-0.2, -0.15) is 0 Å². The summed E-state index contributed by atoms with van der Waals surface area (Å²) in [6.45, 7) is 5.24. The van der Waals surface area contributed by atoms with Gasteiger partial charge in [0, 0.05) is 5.92 Å². The van der Waals surface area contributed by atoms with Crippen molar-refractivity contribution in [2.45, 2.75) is 26.2 Å². The van der Waals surface area contributed by atoms with E-state index in [-0.39, 0.29) is 11.7 Å². The predicted octanol–water partition coefficient (Wildman–Crippen LogP) is 3.39. The van der Waals surface area contributed by atoms with Crippen LogP contribution in [0.2, 0.25) is 0 Å². The molecule has 0 fully saturated rings. The van der Waals surface area contributed by atoms with Crippen LogP contribution in [0.3, 0.4) is 0 Å². The lowest BCUT2D eigenvalue weighted by Crippen LogP contribution is -2.15. The molecule has 4 heteroatoms. The highest BCUT2D eigenvalue weighted by Crippen LogP contribution is 2.30. The van der Waals surface area contributed by atoms with Crippen LogP contribution in [0.4, 0.5) is 0 Å². The quantitative estimate of drug-likeness (QED) is 0.822. The highest BCUT2D eigenvalue weighted by atomic mass is 16.5. The fraction of sp³-hybridized carbons (Fsp3) is 0.368. The van der Waals surface area contributed by atoms with E-state index in [0.717, 1.165) is 23.3 Å². The SMILES string of the molecule is CCOc1ccc(C(CN)Cc2ccc(O)c(OC)c2)cc1C. The zero-order chi connectivity index (χ0) is 16.8. The highest BCUT2D eigenvalue weighted by Gasteiger charge is 2.14. The first kappa shape index (κ1) is 17.2. The molecule has 4 nitrogen and oxygen atoms in total. The van der Waals surface area contributed by atoms with Crippen molar-refractivity contribution in [1.82, 2.24) is 0 Å². The summed E-state index contributed by atoms with van der Waals surface area (Å²) < 4.78 is 10.8. The fourth-order valence-electron chi connectivity index (χ4n) is 2.71. The maximum atomic E-state index is 9.70. The first-order valence-electron chi connectivity index (χ1n) is 7.88. The maximum Gasteiger partial charge on any atom is 0.160 e. The summed E-state index contributed by atoms with van der Waals surface area (Å²) >= 11 is 0. The Morgan fingerprint density at radius 3 is 2.52 bits per heavy atom. The number of hydrogen-bond acceptors (Lipinski definition) is 4. The number of benzene rings is 2. The molecule has 23 heavy (non-hydrogen) atoms. The first-order valence-corrected chi connectivity index (χ1v) is 7.88. The number of hydrogen-bond donors (Lipinski definition) is 2. The molecule has 0 aliphatic rings. The maximum absolute atomic E-state index is 9.70. The molecule has 0 saturated heterocycles. The van der Waals surface area contributed by atoms with Gasteiger partial charge in [0.2, 0.25) is 0 Å². The Kier molecular flexibility index (Phi) is 5.88. The van der Waals surface area contributed by atoms with Crippen molar-refractivity contribution in [1.29, 1.82) is 0 Å². The molecule has 2 rings (SSSR count). The van der Waals surface area contributed by atoms with E-state index in [2.05, 4.69) is 12.1 Å². The van der Waals surface area contributed by atoms with Crippen LogP contribution in [-0.4, -0.2) is 25.4 Å². The summed E-state index contributed by atoms with van der Waals surface area (Å²) in [5, 5.41) is 9.70. The molecular formula is C19H25NO3. The number of nitrogens with two attached hydrogens (primary N) is 1. The monoisotopic (exact) mass is 315 g/mol. The molecule has 0 bridgehead atoms. The molecule has 2 aromatic carbocycles. The molecule has 0 amide bonds.